The second-order valence-corrected chi connectivity index (χ2v) is 6.27. The summed E-state index contributed by atoms with van der Waals surface area (Å²) in [5.41, 5.74) is 8.67. The first-order valence-electron chi connectivity index (χ1n) is 8.91. The Morgan fingerprint density at radius 2 is 1.75 bits per heavy atom. The molecule has 7 nitrogen and oxygen atoms in total. The zero-order valence-electron chi connectivity index (χ0n) is 15.2. The zero-order valence-corrected chi connectivity index (χ0v) is 15.2. The molecule has 1 aromatic heterocycles. The lowest BCUT2D eigenvalue weighted by molar-refractivity contribution is -0.137. The van der Waals surface area contributed by atoms with Gasteiger partial charge in [-0.15, -0.1) is 10.2 Å². The molecule has 0 atom stereocenters. The minimum absolute atomic E-state index is 0.124. The van der Waals surface area contributed by atoms with Crippen LogP contribution in [0.2, 0.25) is 0 Å². The summed E-state index contributed by atoms with van der Waals surface area (Å²) < 4.78 is 5.63. The van der Waals surface area contributed by atoms with Gasteiger partial charge in [-0.3, -0.25) is 4.79 Å². The number of para-hydroxylation sites is 1. The molecule has 0 saturated carbocycles. The predicted octanol–water partition coefficient (Wildman–Crippen LogP) is 3.73. The van der Waals surface area contributed by atoms with Crippen molar-refractivity contribution in [3.63, 3.8) is 0 Å². The van der Waals surface area contributed by atoms with E-state index in [0.717, 1.165) is 5.56 Å². The molecule has 2 aromatic carbocycles. The van der Waals surface area contributed by atoms with Crippen LogP contribution in [-0.4, -0.2) is 33.0 Å². The highest BCUT2D eigenvalue weighted by molar-refractivity contribution is 5.79. The number of hydrogen-bond acceptors (Lipinski definition) is 6. The van der Waals surface area contributed by atoms with Crippen LogP contribution in [0.25, 0.3) is 22.4 Å². The fraction of sp³-hybridized carbons (Fsp3) is 0.190. The van der Waals surface area contributed by atoms with Crippen molar-refractivity contribution in [2.45, 2.75) is 19.3 Å². The van der Waals surface area contributed by atoms with E-state index in [2.05, 4.69) is 10.2 Å². The van der Waals surface area contributed by atoms with Crippen LogP contribution in [0.3, 0.4) is 0 Å². The lowest BCUT2D eigenvalue weighted by Gasteiger charge is -2.10. The molecule has 0 bridgehead atoms. The summed E-state index contributed by atoms with van der Waals surface area (Å²) in [5.74, 6) is 0.317. The van der Waals surface area contributed by atoms with Gasteiger partial charge in [0.15, 0.2) is 5.82 Å². The molecule has 0 saturated heterocycles. The molecule has 0 aliphatic rings. The molecule has 7 heteroatoms. The van der Waals surface area contributed by atoms with E-state index < -0.39 is 5.97 Å². The molecular weight excluding hydrogens is 358 g/mol. The number of unbranched alkanes of at least 4 members (excludes halogenated alkanes) is 1. The van der Waals surface area contributed by atoms with Crippen LogP contribution in [0.5, 0.6) is 11.5 Å². The SMILES string of the molecule is Nc1nnc(-c2ccccc2O)cc1-c1ccc(OCCCCC(=O)O)cc1. The lowest BCUT2D eigenvalue weighted by Crippen LogP contribution is -2.00. The van der Waals surface area contributed by atoms with Gasteiger partial charge in [-0.25, -0.2) is 0 Å². The van der Waals surface area contributed by atoms with E-state index in [-0.39, 0.29) is 12.2 Å². The molecule has 0 aliphatic carbocycles. The van der Waals surface area contributed by atoms with Gasteiger partial charge in [-0.05, 0) is 48.7 Å². The fourth-order valence-corrected chi connectivity index (χ4v) is 2.75. The first kappa shape index (κ1) is 19.2. The smallest absolute Gasteiger partial charge is 0.303 e. The average molecular weight is 379 g/mol. The summed E-state index contributed by atoms with van der Waals surface area (Å²) in [6, 6.07) is 16.1. The van der Waals surface area contributed by atoms with Gasteiger partial charge >= 0.3 is 5.97 Å². The van der Waals surface area contributed by atoms with Crippen LogP contribution in [0.4, 0.5) is 5.82 Å². The minimum atomic E-state index is -0.795. The lowest BCUT2D eigenvalue weighted by atomic mass is 10.0. The summed E-state index contributed by atoms with van der Waals surface area (Å²) in [7, 11) is 0. The molecule has 28 heavy (non-hydrogen) atoms. The molecule has 0 amide bonds. The van der Waals surface area contributed by atoms with Crippen molar-refractivity contribution in [1.29, 1.82) is 0 Å². The van der Waals surface area contributed by atoms with E-state index in [0.29, 0.717) is 47.8 Å². The van der Waals surface area contributed by atoms with Crippen molar-refractivity contribution >= 4 is 11.8 Å². The van der Waals surface area contributed by atoms with E-state index in [1.165, 1.54) is 0 Å². The summed E-state index contributed by atoms with van der Waals surface area (Å²) in [6.45, 7) is 0.461. The number of phenols is 1. The molecule has 0 spiro atoms. The number of ether oxygens (including phenoxy) is 1. The summed E-state index contributed by atoms with van der Waals surface area (Å²) in [4.78, 5) is 10.5. The average Bonchev–Trinajstić information content (AvgIpc) is 2.69. The van der Waals surface area contributed by atoms with Crippen molar-refractivity contribution in [3.05, 3.63) is 54.6 Å². The number of aromatic nitrogens is 2. The van der Waals surface area contributed by atoms with Crippen molar-refractivity contribution in [2.24, 2.45) is 0 Å². The first-order valence-corrected chi connectivity index (χ1v) is 8.91. The molecule has 1 heterocycles. The third kappa shape index (κ3) is 4.76. The number of hydrogen-bond donors (Lipinski definition) is 3. The van der Waals surface area contributed by atoms with Gasteiger partial charge in [0.1, 0.15) is 11.5 Å². The standard InChI is InChI=1S/C21H21N3O4/c22-21-17(13-18(23-24-21)16-5-1-2-6-19(16)25)14-8-10-15(11-9-14)28-12-4-3-7-20(26)27/h1-2,5-6,8-11,13,25H,3-4,7,12H2,(H2,22,24)(H,26,27). The van der Waals surface area contributed by atoms with Crippen LogP contribution in [-0.2, 0) is 4.79 Å². The van der Waals surface area contributed by atoms with Gasteiger partial charge < -0.3 is 20.7 Å². The number of phenolic OH excluding ortho intramolecular Hbond substituents is 1. The minimum Gasteiger partial charge on any atom is -0.507 e. The van der Waals surface area contributed by atoms with Gasteiger partial charge in [0.2, 0.25) is 0 Å². The van der Waals surface area contributed by atoms with E-state index >= 15 is 0 Å². The Bertz CT molecular complexity index is 958. The van der Waals surface area contributed by atoms with Gasteiger partial charge in [0.05, 0.1) is 12.3 Å². The van der Waals surface area contributed by atoms with Gasteiger partial charge in [0, 0.05) is 17.5 Å². The molecule has 4 N–H and O–H groups in total. The number of nitrogens with two attached hydrogens (primary N) is 1. The molecule has 3 aromatic rings. The van der Waals surface area contributed by atoms with Crippen molar-refractivity contribution in [2.75, 3.05) is 12.3 Å². The van der Waals surface area contributed by atoms with E-state index in [1.807, 2.05) is 30.3 Å². The second kappa shape index (κ2) is 8.85. The highest BCUT2D eigenvalue weighted by Crippen LogP contribution is 2.32. The Morgan fingerprint density at radius 3 is 2.46 bits per heavy atom. The summed E-state index contributed by atoms with van der Waals surface area (Å²) in [6.07, 6.45) is 1.41. The van der Waals surface area contributed by atoms with Crippen LogP contribution in [0.1, 0.15) is 19.3 Å². The molecule has 3 rings (SSSR count). The number of carboxylic acid groups (broad SMARTS) is 1. The maximum atomic E-state index is 10.5. The third-order valence-electron chi connectivity index (χ3n) is 4.22. The number of anilines is 1. The molecule has 0 radical (unpaired) electrons. The fourth-order valence-electron chi connectivity index (χ4n) is 2.75. The quantitative estimate of drug-likeness (QED) is 0.510. The number of carbonyl (C=O) groups is 1. The van der Waals surface area contributed by atoms with Crippen molar-refractivity contribution < 1.29 is 19.7 Å². The van der Waals surface area contributed by atoms with Crippen molar-refractivity contribution in [3.8, 4) is 33.9 Å². The normalized spacial score (nSPS) is 10.6. The zero-order chi connectivity index (χ0) is 19.9. The highest BCUT2D eigenvalue weighted by atomic mass is 16.5. The first-order chi connectivity index (χ1) is 13.5. The van der Waals surface area contributed by atoms with E-state index in [9.17, 15) is 9.90 Å². The van der Waals surface area contributed by atoms with Crippen molar-refractivity contribution in [1.82, 2.24) is 10.2 Å². The number of rotatable bonds is 8. The maximum Gasteiger partial charge on any atom is 0.303 e. The Morgan fingerprint density at radius 1 is 1.00 bits per heavy atom. The Labute approximate surface area is 162 Å². The van der Waals surface area contributed by atoms with E-state index in [1.54, 1.807) is 24.3 Å². The molecule has 144 valence electrons. The second-order valence-electron chi connectivity index (χ2n) is 6.27. The maximum absolute atomic E-state index is 10.5. The number of nitrogens with zero attached hydrogens (tertiary/aromatic N) is 2. The number of aliphatic carboxylic acids is 1. The number of carboxylic acids is 1. The largest absolute Gasteiger partial charge is 0.507 e. The number of benzene rings is 2. The molecule has 0 aliphatic heterocycles. The third-order valence-corrected chi connectivity index (χ3v) is 4.22. The Kier molecular flexibility index (Phi) is 6.06. The van der Waals surface area contributed by atoms with Crippen LogP contribution in [0.15, 0.2) is 54.6 Å². The number of nitrogen functional groups attached to an aromatic ring is 1. The van der Waals surface area contributed by atoms with Gasteiger partial charge in [-0.1, -0.05) is 24.3 Å². The van der Waals surface area contributed by atoms with Crippen LogP contribution < -0.4 is 10.5 Å². The highest BCUT2D eigenvalue weighted by Gasteiger charge is 2.11. The summed E-state index contributed by atoms with van der Waals surface area (Å²) >= 11 is 0. The van der Waals surface area contributed by atoms with Gasteiger partial charge in [0.25, 0.3) is 0 Å². The summed E-state index contributed by atoms with van der Waals surface area (Å²) in [5, 5.41) is 26.8. The van der Waals surface area contributed by atoms with E-state index in [4.69, 9.17) is 15.6 Å². The molecular formula is C21H21N3O4. The Balaban J connectivity index is 1.72. The topological polar surface area (TPSA) is 119 Å². The Hall–Kier alpha value is -3.61. The number of aromatic hydroxyl groups is 1. The molecule has 0 fully saturated rings. The van der Waals surface area contributed by atoms with Crippen LogP contribution >= 0.6 is 0 Å². The van der Waals surface area contributed by atoms with Crippen LogP contribution in [0, 0.1) is 0 Å². The predicted molar refractivity (Wildman–Crippen MR) is 106 cm³/mol. The monoisotopic (exact) mass is 379 g/mol. The molecule has 0 unspecified atom stereocenters. The van der Waals surface area contributed by atoms with Gasteiger partial charge in [-0.2, -0.15) is 0 Å².